The first kappa shape index (κ1) is 22.0. The van der Waals surface area contributed by atoms with E-state index in [0.717, 1.165) is 63.0 Å². The number of piperazine rings is 1. The third kappa shape index (κ3) is 4.14. The quantitative estimate of drug-likeness (QED) is 0.346. The van der Waals surface area contributed by atoms with E-state index >= 15 is 0 Å². The van der Waals surface area contributed by atoms with Gasteiger partial charge in [-0.2, -0.15) is 0 Å². The number of rotatable bonds is 6. The molecule has 7 nitrogen and oxygen atoms in total. The van der Waals surface area contributed by atoms with Gasteiger partial charge in [0.05, 0.1) is 16.4 Å². The van der Waals surface area contributed by atoms with Crippen molar-refractivity contribution < 1.29 is 0 Å². The molecular formula is C28H32N6O. The SMILES string of the molecule is Nn1c(CCCCN2CCN(c3nc4ccccc4c4c3CCC4)CC2)nc2ccccc2c1=O. The lowest BCUT2D eigenvalue weighted by molar-refractivity contribution is 0.252. The van der Waals surface area contributed by atoms with Crippen LogP contribution in [0, 0.1) is 0 Å². The van der Waals surface area contributed by atoms with E-state index in [1.165, 1.54) is 39.8 Å². The lowest BCUT2D eigenvalue weighted by Crippen LogP contribution is -2.47. The number of benzene rings is 2. The molecule has 2 N–H and O–H groups in total. The number of aryl methyl sites for hydroxylation is 2. The van der Waals surface area contributed by atoms with Crippen LogP contribution in [0.25, 0.3) is 21.8 Å². The highest BCUT2D eigenvalue weighted by atomic mass is 16.1. The molecule has 6 rings (SSSR count). The molecule has 0 bridgehead atoms. The van der Waals surface area contributed by atoms with Crippen LogP contribution in [0.15, 0.2) is 53.3 Å². The van der Waals surface area contributed by atoms with Crippen LogP contribution in [0.4, 0.5) is 5.82 Å². The molecule has 7 heteroatoms. The third-order valence-corrected chi connectivity index (χ3v) is 7.62. The van der Waals surface area contributed by atoms with Crippen molar-refractivity contribution in [2.75, 3.05) is 43.5 Å². The summed E-state index contributed by atoms with van der Waals surface area (Å²) in [6.45, 7) is 5.20. The van der Waals surface area contributed by atoms with E-state index in [-0.39, 0.29) is 5.56 Å². The number of unbranched alkanes of at least 4 members (excludes halogenated alkanes) is 1. The average Bonchev–Trinajstić information content (AvgIpc) is 3.40. The van der Waals surface area contributed by atoms with Crippen molar-refractivity contribution in [1.82, 2.24) is 19.5 Å². The molecule has 4 aromatic rings. The van der Waals surface area contributed by atoms with Crippen LogP contribution in [0.5, 0.6) is 0 Å². The summed E-state index contributed by atoms with van der Waals surface area (Å²) >= 11 is 0. The van der Waals surface area contributed by atoms with Crippen LogP contribution in [0.3, 0.4) is 0 Å². The first-order chi connectivity index (χ1) is 17.2. The molecule has 0 atom stereocenters. The van der Waals surface area contributed by atoms with Crippen LogP contribution >= 0.6 is 0 Å². The number of para-hydroxylation sites is 2. The zero-order chi connectivity index (χ0) is 23.8. The number of hydrogen-bond acceptors (Lipinski definition) is 6. The Kier molecular flexibility index (Phi) is 5.86. The van der Waals surface area contributed by atoms with E-state index in [1.807, 2.05) is 18.2 Å². The molecule has 2 aromatic carbocycles. The average molecular weight is 469 g/mol. The number of pyridine rings is 1. The van der Waals surface area contributed by atoms with E-state index < -0.39 is 0 Å². The molecular weight excluding hydrogens is 436 g/mol. The maximum absolute atomic E-state index is 12.5. The molecule has 1 fully saturated rings. The predicted molar refractivity (Wildman–Crippen MR) is 142 cm³/mol. The van der Waals surface area contributed by atoms with Gasteiger partial charge in [-0.25, -0.2) is 14.6 Å². The summed E-state index contributed by atoms with van der Waals surface area (Å²) in [7, 11) is 0. The first-order valence-electron chi connectivity index (χ1n) is 12.8. The Hall–Kier alpha value is -3.45. The van der Waals surface area contributed by atoms with E-state index in [2.05, 4.69) is 39.0 Å². The van der Waals surface area contributed by atoms with Crippen LogP contribution in [-0.4, -0.2) is 52.3 Å². The van der Waals surface area contributed by atoms with Gasteiger partial charge in [0.25, 0.3) is 5.56 Å². The Morgan fingerprint density at radius 3 is 2.29 bits per heavy atom. The van der Waals surface area contributed by atoms with Crippen molar-refractivity contribution in [1.29, 1.82) is 0 Å². The van der Waals surface area contributed by atoms with Crippen molar-refractivity contribution in [2.45, 2.75) is 38.5 Å². The topological polar surface area (TPSA) is 80.3 Å². The predicted octanol–water partition coefficient (Wildman–Crippen LogP) is 3.29. The van der Waals surface area contributed by atoms with Crippen molar-refractivity contribution in [3.8, 4) is 0 Å². The minimum Gasteiger partial charge on any atom is -0.354 e. The van der Waals surface area contributed by atoms with Gasteiger partial charge in [-0.15, -0.1) is 0 Å². The molecule has 180 valence electrons. The Labute approximate surface area is 205 Å². The summed E-state index contributed by atoms with van der Waals surface area (Å²) in [5, 5.41) is 1.91. The molecule has 1 saturated heterocycles. The summed E-state index contributed by atoms with van der Waals surface area (Å²) in [4.78, 5) is 27.3. The van der Waals surface area contributed by atoms with Crippen molar-refractivity contribution in [3.05, 3.63) is 75.8 Å². The molecule has 1 aliphatic heterocycles. The fourth-order valence-corrected chi connectivity index (χ4v) is 5.73. The molecule has 2 aliphatic rings. The number of aromatic nitrogens is 3. The molecule has 0 spiro atoms. The fraction of sp³-hybridized carbons (Fsp3) is 0.393. The molecule has 35 heavy (non-hydrogen) atoms. The zero-order valence-electron chi connectivity index (χ0n) is 20.1. The third-order valence-electron chi connectivity index (χ3n) is 7.62. The summed E-state index contributed by atoms with van der Waals surface area (Å²) in [6.07, 6.45) is 6.30. The highest BCUT2D eigenvalue weighted by Gasteiger charge is 2.25. The van der Waals surface area contributed by atoms with Gasteiger partial charge >= 0.3 is 0 Å². The van der Waals surface area contributed by atoms with E-state index in [9.17, 15) is 4.79 Å². The fourth-order valence-electron chi connectivity index (χ4n) is 5.73. The monoisotopic (exact) mass is 468 g/mol. The van der Waals surface area contributed by atoms with E-state index in [1.54, 1.807) is 6.07 Å². The summed E-state index contributed by atoms with van der Waals surface area (Å²) in [5.74, 6) is 7.92. The van der Waals surface area contributed by atoms with Crippen molar-refractivity contribution in [2.24, 2.45) is 0 Å². The Morgan fingerprint density at radius 2 is 1.49 bits per heavy atom. The number of fused-ring (bicyclic) bond motifs is 4. The second-order valence-corrected chi connectivity index (χ2v) is 9.77. The van der Waals surface area contributed by atoms with Crippen LogP contribution in [0.2, 0.25) is 0 Å². The number of nitrogen functional groups attached to an aromatic ring is 1. The number of hydrogen-bond donors (Lipinski definition) is 1. The smallest absolute Gasteiger partial charge is 0.279 e. The second kappa shape index (κ2) is 9.30. The largest absolute Gasteiger partial charge is 0.354 e. The van der Waals surface area contributed by atoms with E-state index in [0.29, 0.717) is 17.6 Å². The van der Waals surface area contributed by atoms with Crippen molar-refractivity contribution >= 4 is 27.6 Å². The highest BCUT2D eigenvalue weighted by Crippen LogP contribution is 2.35. The summed E-state index contributed by atoms with van der Waals surface area (Å²) < 4.78 is 1.22. The molecule has 2 aromatic heterocycles. The van der Waals surface area contributed by atoms with Gasteiger partial charge in [-0.05, 0) is 68.0 Å². The maximum atomic E-state index is 12.5. The van der Waals surface area contributed by atoms with Crippen LogP contribution < -0.4 is 16.3 Å². The van der Waals surface area contributed by atoms with Crippen LogP contribution in [0.1, 0.15) is 36.2 Å². The van der Waals surface area contributed by atoms with E-state index in [4.69, 9.17) is 10.8 Å². The molecule has 1 aliphatic carbocycles. The second-order valence-electron chi connectivity index (χ2n) is 9.77. The molecule has 3 heterocycles. The lowest BCUT2D eigenvalue weighted by Gasteiger charge is -2.36. The summed E-state index contributed by atoms with van der Waals surface area (Å²) in [5.41, 5.74) is 4.68. The lowest BCUT2D eigenvalue weighted by atomic mass is 10.0. The first-order valence-corrected chi connectivity index (χ1v) is 12.8. The molecule has 0 unspecified atom stereocenters. The Balaban J connectivity index is 1.05. The van der Waals surface area contributed by atoms with Gasteiger partial charge in [-0.3, -0.25) is 9.69 Å². The Morgan fingerprint density at radius 1 is 0.800 bits per heavy atom. The number of anilines is 1. The van der Waals surface area contributed by atoms with Gasteiger partial charge in [0.2, 0.25) is 0 Å². The van der Waals surface area contributed by atoms with Gasteiger partial charge in [0.15, 0.2) is 0 Å². The highest BCUT2D eigenvalue weighted by molar-refractivity contribution is 5.86. The number of nitrogens with zero attached hydrogens (tertiary/aromatic N) is 5. The standard InChI is InChI=1S/C28H32N6O/c29-34-26(30-25-13-4-2-9-23(25)28(34)35)14-5-6-15-32-16-18-33(19-17-32)27-22-11-7-10-20(22)21-8-1-3-12-24(21)31-27/h1-4,8-9,12-13H,5-7,10-11,14-19,29H2. The minimum absolute atomic E-state index is 0.171. The van der Waals surface area contributed by atoms with Gasteiger partial charge < -0.3 is 10.7 Å². The van der Waals surface area contributed by atoms with Gasteiger partial charge in [0, 0.05) is 38.0 Å². The molecule has 0 amide bonds. The van der Waals surface area contributed by atoms with Crippen molar-refractivity contribution in [3.63, 3.8) is 0 Å². The Bertz CT molecular complexity index is 1440. The van der Waals surface area contributed by atoms with Crippen LogP contribution in [-0.2, 0) is 19.3 Å². The van der Waals surface area contributed by atoms with Gasteiger partial charge in [0.1, 0.15) is 11.6 Å². The maximum Gasteiger partial charge on any atom is 0.279 e. The summed E-state index contributed by atoms with van der Waals surface area (Å²) in [6, 6.07) is 16.0. The molecule has 0 saturated carbocycles. The minimum atomic E-state index is -0.171. The zero-order valence-corrected chi connectivity index (χ0v) is 20.1. The number of nitrogens with two attached hydrogens (primary N) is 1. The normalized spacial score (nSPS) is 16.3. The molecule has 0 radical (unpaired) electrons. The van der Waals surface area contributed by atoms with Gasteiger partial charge in [-0.1, -0.05) is 30.3 Å².